The number of aryl methyl sites for hydroxylation is 2. The molecule has 194 valence electrons. The molecule has 1 atom stereocenters. The van der Waals surface area contributed by atoms with Crippen LogP contribution in [0, 0.1) is 20.8 Å². The van der Waals surface area contributed by atoms with Crippen molar-refractivity contribution in [3.8, 4) is 11.4 Å². The van der Waals surface area contributed by atoms with E-state index in [1.807, 2.05) is 70.3 Å². The van der Waals surface area contributed by atoms with Crippen LogP contribution < -0.4 is 15.6 Å². The second-order valence-electron chi connectivity index (χ2n) is 8.80. The number of para-hydroxylation sites is 1. The molecule has 1 N–H and O–H groups in total. The van der Waals surface area contributed by atoms with Crippen LogP contribution in [0.15, 0.2) is 52.4 Å². The number of thioether (sulfide) groups is 1. The molecule has 0 saturated carbocycles. The summed E-state index contributed by atoms with van der Waals surface area (Å²) in [5, 5.41) is 12.5. The number of hydrogen-bond donors (Lipinski definition) is 1. The average Bonchev–Trinajstić information content (AvgIpc) is 3.33. The van der Waals surface area contributed by atoms with Crippen molar-refractivity contribution in [2.75, 3.05) is 11.1 Å². The highest BCUT2D eigenvalue weighted by Gasteiger charge is 2.21. The van der Waals surface area contributed by atoms with Gasteiger partial charge in [-0.1, -0.05) is 41.6 Å². The van der Waals surface area contributed by atoms with Crippen molar-refractivity contribution in [3.63, 3.8) is 0 Å². The molecular weight excluding hydrogens is 512 g/mol. The Bertz CT molecular complexity index is 1490. The predicted molar refractivity (Wildman–Crippen MR) is 146 cm³/mol. The van der Waals surface area contributed by atoms with E-state index in [4.69, 9.17) is 16.3 Å². The Kier molecular flexibility index (Phi) is 7.79. The highest BCUT2D eigenvalue weighted by Crippen LogP contribution is 2.29. The lowest BCUT2D eigenvalue weighted by Gasteiger charge is -2.16. The monoisotopic (exact) mass is 540 g/mol. The van der Waals surface area contributed by atoms with Gasteiger partial charge in [-0.15, -0.1) is 10.2 Å². The first-order valence-electron chi connectivity index (χ1n) is 11.7. The van der Waals surface area contributed by atoms with Gasteiger partial charge in [0.25, 0.3) is 5.56 Å². The Morgan fingerprint density at radius 1 is 1.11 bits per heavy atom. The van der Waals surface area contributed by atoms with Crippen LogP contribution in [0.3, 0.4) is 0 Å². The van der Waals surface area contributed by atoms with E-state index >= 15 is 0 Å². The number of hydrogen-bond acceptors (Lipinski definition) is 6. The van der Waals surface area contributed by atoms with Crippen LogP contribution in [0.2, 0.25) is 5.02 Å². The topological polar surface area (TPSA) is 96.0 Å². The third-order valence-corrected chi connectivity index (χ3v) is 7.72. The zero-order valence-corrected chi connectivity index (χ0v) is 23.1. The van der Waals surface area contributed by atoms with E-state index in [2.05, 4.69) is 15.5 Å². The Labute approximate surface area is 224 Å². The van der Waals surface area contributed by atoms with Gasteiger partial charge in [0.05, 0.1) is 17.1 Å². The standard InChI is InChI=1S/C26H29ClN6O3S/c1-15-12-20(13-16(2)22(15)27)36-18(4)24-29-30-26(31(24)5)37-14-21(34)28-23-17(3)32(6)33(25(23)35)19-10-8-7-9-11-19/h7-13,18H,14H2,1-6H3,(H,28,34). The fourth-order valence-corrected chi connectivity index (χ4v) is 4.88. The number of anilines is 1. The number of carbonyl (C=O) groups excluding carboxylic acids is 1. The van der Waals surface area contributed by atoms with Gasteiger partial charge in [-0.25, -0.2) is 4.68 Å². The van der Waals surface area contributed by atoms with Gasteiger partial charge in [0.1, 0.15) is 11.4 Å². The van der Waals surface area contributed by atoms with E-state index in [9.17, 15) is 9.59 Å². The molecule has 11 heteroatoms. The molecule has 0 spiro atoms. The molecule has 4 rings (SSSR count). The van der Waals surface area contributed by atoms with E-state index in [1.165, 1.54) is 16.4 Å². The van der Waals surface area contributed by atoms with Crippen molar-refractivity contribution >= 4 is 35.0 Å². The maximum atomic E-state index is 13.0. The van der Waals surface area contributed by atoms with Gasteiger partial charge in [-0.3, -0.25) is 14.3 Å². The van der Waals surface area contributed by atoms with Gasteiger partial charge in [-0.2, -0.15) is 0 Å². The van der Waals surface area contributed by atoms with Crippen molar-refractivity contribution in [1.29, 1.82) is 0 Å². The zero-order chi connectivity index (χ0) is 26.9. The second-order valence-corrected chi connectivity index (χ2v) is 10.1. The maximum absolute atomic E-state index is 13.0. The fourth-order valence-electron chi connectivity index (χ4n) is 4.05. The van der Waals surface area contributed by atoms with Crippen molar-refractivity contribution in [2.45, 2.75) is 39.0 Å². The molecule has 2 aromatic carbocycles. The van der Waals surface area contributed by atoms with Crippen LogP contribution in [0.5, 0.6) is 5.75 Å². The van der Waals surface area contributed by atoms with Gasteiger partial charge < -0.3 is 14.6 Å². The smallest absolute Gasteiger partial charge is 0.295 e. The van der Waals surface area contributed by atoms with Crippen LogP contribution in [0.4, 0.5) is 5.69 Å². The summed E-state index contributed by atoms with van der Waals surface area (Å²) >= 11 is 7.49. The highest BCUT2D eigenvalue weighted by molar-refractivity contribution is 7.99. The number of halogens is 1. The zero-order valence-electron chi connectivity index (χ0n) is 21.6. The van der Waals surface area contributed by atoms with Gasteiger partial charge in [0, 0.05) is 19.1 Å². The van der Waals surface area contributed by atoms with Gasteiger partial charge >= 0.3 is 0 Å². The minimum atomic E-state index is -0.371. The summed E-state index contributed by atoms with van der Waals surface area (Å²) in [5.41, 5.74) is 3.23. The summed E-state index contributed by atoms with van der Waals surface area (Å²) in [5.74, 6) is 1.08. The molecule has 4 aromatic rings. The predicted octanol–water partition coefficient (Wildman–Crippen LogP) is 4.75. The summed E-state index contributed by atoms with van der Waals surface area (Å²) in [4.78, 5) is 25.8. The number of nitrogens with one attached hydrogen (secondary N) is 1. The van der Waals surface area contributed by atoms with Crippen LogP contribution in [-0.2, 0) is 18.9 Å². The molecule has 0 fully saturated rings. The van der Waals surface area contributed by atoms with Crippen molar-refractivity contribution in [1.82, 2.24) is 24.1 Å². The molecule has 1 amide bonds. The molecule has 0 bridgehead atoms. The molecule has 37 heavy (non-hydrogen) atoms. The lowest BCUT2D eigenvalue weighted by molar-refractivity contribution is -0.113. The maximum Gasteiger partial charge on any atom is 0.295 e. The summed E-state index contributed by atoms with van der Waals surface area (Å²) in [6.07, 6.45) is -0.371. The van der Waals surface area contributed by atoms with Crippen molar-refractivity contribution < 1.29 is 9.53 Å². The van der Waals surface area contributed by atoms with Crippen molar-refractivity contribution in [3.05, 3.63) is 80.5 Å². The summed E-state index contributed by atoms with van der Waals surface area (Å²) in [6, 6.07) is 13.1. The lowest BCUT2D eigenvalue weighted by Crippen LogP contribution is -2.23. The Hall–Kier alpha value is -3.50. The lowest BCUT2D eigenvalue weighted by atomic mass is 10.1. The summed E-state index contributed by atoms with van der Waals surface area (Å²) in [6.45, 7) is 7.55. The fraction of sp³-hybridized carbons (Fsp3) is 0.308. The molecule has 0 aliphatic carbocycles. The Balaban J connectivity index is 1.42. The normalized spacial score (nSPS) is 12.0. The Morgan fingerprint density at radius 2 is 1.76 bits per heavy atom. The first kappa shape index (κ1) is 26.6. The van der Waals surface area contributed by atoms with E-state index in [-0.39, 0.29) is 29.0 Å². The second kappa shape index (κ2) is 10.9. The minimum absolute atomic E-state index is 0.0654. The molecular formula is C26H29ClN6O3S. The number of benzene rings is 2. The summed E-state index contributed by atoms with van der Waals surface area (Å²) in [7, 11) is 3.61. The molecule has 0 aliphatic rings. The molecule has 2 heterocycles. The third kappa shape index (κ3) is 5.45. The van der Waals surface area contributed by atoms with Crippen LogP contribution in [0.1, 0.15) is 35.7 Å². The van der Waals surface area contributed by atoms with E-state index in [0.29, 0.717) is 22.4 Å². The summed E-state index contributed by atoms with van der Waals surface area (Å²) < 4.78 is 11.1. The largest absolute Gasteiger partial charge is 0.483 e. The number of rotatable bonds is 8. The molecule has 0 saturated heterocycles. The molecule has 2 aromatic heterocycles. The number of ether oxygens (including phenoxy) is 1. The molecule has 1 unspecified atom stereocenters. The average molecular weight is 541 g/mol. The van der Waals surface area contributed by atoms with E-state index in [1.54, 1.807) is 23.2 Å². The first-order chi connectivity index (χ1) is 17.6. The van der Waals surface area contributed by atoms with E-state index in [0.717, 1.165) is 21.8 Å². The quantitative estimate of drug-likeness (QED) is 0.324. The molecule has 0 aliphatic heterocycles. The SMILES string of the molecule is Cc1cc(OC(C)c2nnc(SCC(=O)Nc3c(C)n(C)n(-c4ccccc4)c3=O)n2C)cc(C)c1Cl. The van der Waals surface area contributed by atoms with Crippen LogP contribution in [-0.4, -0.2) is 35.8 Å². The van der Waals surface area contributed by atoms with Gasteiger partial charge in [0.15, 0.2) is 17.1 Å². The molecule has 0 radical (unpaired) electrons. The first-order valence-corrected chi connectivity index (χ1v) is 13.0. The van der Waals surface area contributed by atoms with Crippen LogP contribution in [0.25, 0.3) is 5.69 Å². The van der Waals surface area contributed by atoms with Crippen molar-refractivity contribution in [2.24, 2.45) is 14.1 Å². The third-order valence-electron chi connectivity index (χ3n) is 6.11. The number of carbonyl (C=O) groups is 1. The minimum Gasteiger partial charge on any atom is -0.483 e. The number of aromatic nitrogens is 5. The van der Waals surface area contributed by atoms with Gasteiger partial charge in [0.2, 0.25) is 5.91 Å². The van der Waals surface area contributed by atoms with Gasteiger partial charge in [-0.05, 0) is 63.1 Å². The number of nitrogens with zero attached hydrogens (tertiary/aromatic N) is 5. The Morgan fingerprint density at radius 3 is 2.41 bits per heavy atom. The highest BCUT2D eigenvalue weighted by atomic mass is 35.5. The number of amides is 1. The van der Waals surface area contributed by atoms with Crippen LogP contribution >= 0.6 is 23.4 Å². The molecule has 9 nitrogen and oxygen atoms in total. The van der Waals surface area contributed by atoms with E-state index < -0.39 is 0 Å².